The third-order valence-corrected chi connectivity index (χ3v) is 6.94. The summed E-state index contributed by atoms with van der Waals surface area (Å²) in [6, 6.07) is 15.6. The van der Waals surface area contributed by atoms with E-state index in [0.717, 1.165) is 11.1 Å². The zero-order valence-electron chi connectivity index (χ0n) is 22.5. The van der Waals surface area contributed by atoms with Gasteiger partial charge >= 0.3 is 0 Å². The molecule has 0 spiro atoms. The molecule has 1 atom stereocenters. The average Bonchev–Trinajstić information content (AvgIpc) is 3.26. The van der Waals surface area contributed by atoms with E-state index in [1.54, 1.807) is 42.5 Å². The van der Waals surface area contributed by atoms with E-state index in [1.165, 1.54) is 0 Å². The Kier molecular flexibility index (Phi) is 9.27. The Hall–Kier alpha value is -3.59. The first-order chi connectivity index (χ1) is 18.0. The number of benzene rings is 3. The molecule has 206 valence electrons. The van der Waals surface area contributed by atoms with Crippen LogP contribution in [0.2, 0.25) is 5.02 Å². The minimum Gasteiger partial charge on any atom is -0.394 e. The standard InChI is InChI=1S/C29H32ClN5O3.ClH/c1-16-9-6-7-10-19(16)26(37)31-18-13-20(27(38)32-22-12-8-11-21(30)17(22)2)25-23(14-18)33-28(35-25)34-24(15-36)29(3,4)5;/h6-14,24,36H,15H2,1-5H3,(H,31,37)(H,32,38)(H2,33,34,35);1H/t24-;/m1./s1. The normalized spacial score (nSPS) is 12.0. The molecule has 39 heavy (non-hydrogen) atoms. The molecule has 0 fully saturated rings. The van der Waals surface area contributed by atoms with Crippen molar-refractivity contribution in [1.82, 2.24) is 9.97 Å². The highest BCUT2D eigenvalue weighted by atomic mass is 35.5. The summed E-state index contributed by atoms with van der Waals surface area (Å²) in [6.07, 6.45) is 0. The third kappa shape index (κ3) is 6.71. The lowest BCUT2D eigenvalue weighted by atomic mass is 9.87. The van der Waals surface area contributed by atoms with Crippen LogP contribution < -0.4 is 16.0 Å². The van der Waals surface area contributed by atoms with Crippen molar-refractivity contribution in [3.8, 4) is 0 Å². The fourth-order valence-corrected chi connectivity index (χ4v) is 4.27. The summed E-state index contributed by atoms with van der Waals surface area (Å²) in [7, 11) is 0. The number of aryl methyl sites for hydroxylation is 1. The number of hydrogen-bond acceptors (Lipinski definition) is 5. The number of nitrogens with zero attached hydrogens (tertiary/aromatic N) is 1. The van der Waals surface area contributed by atoms with Gasteiger partial charge in [-0.3, -0.25) is 9.59 Å². The number of anilines is 3. The summed E-state index contributed by atoms with van der Waals surface area (Å²) in [5, 5.41) is 19.5. The Morgan fingerprint density at radius 2 is 1.69 bits per heavy atom. The van der Waals surface area contributed by atoms with E-state index >= 15 is 0 Å². The number of amides is 2. The summed E-state index contributed by atoms with van der Waals surface area (Å²) < 4.78 is 0. The maximum absolute atomic E-state index is 13.5. The number of halogens is 2. The lowest BCUT2D eigenvalue weighted by molar-refractivity contribution is 0.101. The molecular weight excluding hydrogens is 537 g/mol. The van der Waals surface area contributed by atoms with Gasteiger partial charge in [0.05, 0.1) is 23.7 Å². The Balaban J connectivity index is 0.00000420. The monoisotopic (exact) mass is 569 g/mol. The van der Waals surface area contributed by atoms with Crippen molar-refractivity contribution in [2.75, 3.05) is 22.6 Å². The number of nitrogens with one attached hydrogen (secondary N) is 4. The topological polar surface area (TPSA) is 119 Å². The number of aromatic amines is 1. The lowest BCUT2D eigenvalue weighted by Crippen LogP contribution is -2.37. The molecule has 0 aliphatic heterocycles. The molecule has 0 unspecified atom stereocenters. The number of aromatic nitrogens is 2. The molecule has 5 N–H and O–H groups in total. The van der Waals surface area contributed by atoms with Crippen LogP contribution in [0.5, 0.6) is 0 Å². The van der Waals surface area contributed by atoms with Crippen molar-refractivity contribution in [3.63, 3.8) is 0 Å². The quantitative estimate of drug-likeness (QED) is 0.172. The molecule has 1 aromatic heterocycles. The molecule has 1 heterocycles. The predicted octanol–water partition coefficient (Wildman–Crippen LogP) is 6.58. The molecule has 0 saturated heterocycles. The van der Waals surface area contributed by atoms with Crippen LogP contribution in [0.1, 0.15) is 52.6 Å². The third-order valence-electron chi connectivity index (χ3n) is 6.53. The van der Waals surface area contributed by atoms with E-state index in [-0.39, 0.29) is 41.9 Å². The van der Waals surface area contributed by atoms with E-state index in [4.69, 9.17) is 11.6 Å². The van der Waals surface area contributed by atoms with Crippen molar-refractivity contribution >= 4 is 64.2 Å². The van der Waals surface area contributed by atoms with Gasteiger partial charge in [0, 0.05) is 22.0 Å². The summed E-state index contributed by atoms with van der Waals surface area (Å²) in [6.45, 7) is 9.62. The SMILES string of the molecule is Cc1ccccc1C(=O)Nc1cc(C(=O)Nc2cccc(Cl)c2C)c2nc(N[C@H](CO)C(C)(C)C)[nH]c2c1.Cl. The molecule has 0 saturated carbocycles. The van der Waals surface area contributed by atoms with E-state index in [2.05, 4.69) is 25.9 Å². The molecule has 2 amide bonds. The Morgan fingerprint density at radius 1 is 1.00 bits per heavy atom. The van der Waals surface area contributed by atoms with Crippen molar-refractivity contribution in [3.05, 3.63) is 81.9 Å². The number of H-pyrrole nitrogens is 1. The lowest BCUT2D eigenvalue weighted by Gasteiger charge is -2.29. The average molecular weight is 571 g/mol. The molecule has 10 heteroatoms. The highest BCUT2D eigenvalue weighted by Crippen LogP contribution is 2.29. The summed E-state index contributed by atoms with van der Waals surface area (Å²) in [5.74, 6) is -0.283. The zero-order valence-corrected chi connectivity index (χ0v) is 24.1. The molecule has 0 aliphatic rings. The first-order valence-corrected chi connectivity index (χ1v) is 12.7. The first kappa shape index (κ1) is 30.0. The molecule has 0 bridgehead atoms. The highest BCUT2D eigenvalue weighted by Gasteiger charge is 2.25. The highest BCUT2D eigenvalue weighted by molar-refractivity contribution is 6.31. The molecule has 3 aromatic carbocycles. The zero-order chi connectivity index (χ0) is 27.6. The minimum atomic E-state index is -0.403. The molecule has 0 aliphatic carbocycles. The fraction of sp³-hybridized carbons (Fsp3) is 0.276. The second-order valence-electron chi connectivity index (χ2n) is 10.4. The van der Waals surface area contributed by atoms with Gasteiger partial charge in [0.25, 0.3) is 11.8 Å². The van der Waals surface area contributed by atoms with E-state index < -0.39 is 5.91 Å². The van der Waals surface area contributed by atoms with Gasteiger partial charge in [-0.05, 0) is 60.7 Å². The van der Waals surface area contributed by atoms with Gasteiger partial charge < -0.3 is 26.0 Å². The molecule has 8 nitrogen and oxygen atoms in total. The van der Waals surface area contributed by atoms with Crippen molar-refractivity contribution in [1.29, 1.82) is 0 Å². The first-order valence-electron chi connectivity index (χ1n) is 12.3. The van der Waals surface area contributed by atoms with Gasteiger partial charge in [0.15, 0.2) is 0 Å². The molecule has 4 aromatic rings. The van der Waals surface area contributed by atoms with Gasteiger partial charge in [0.1, 0.15) is 5.52 Å². The maximum atomic E-state index is 13.5. The minimum absolute atomic E-state index is 0. The van der Waals surface area contributed by atoms with Crippen LogP contribution in [0.3, 0.4) is 0 Å². The number of hydrogen-bond donors (Lipinski definition) is 5. The van der Waals surface area contributed by atoms with Crippen molar-refractivity contribution in [2.24, 2.45) is 5.41 Å². The number of fused-ring (bicyclic) bond motifs is 1. The predicted molar refractivity (Wildman–Crippen MR) is 161 cm³/mol. The van der Waals surface area contributed by atoms with E-state index in [0.29, 0.717) is 38.9 Å². The summed E-state index contributed by atoms with van der Waals surface area (Å²) in [5.41, 5.74) is 4.12. The fourth-order valence-electron chi connectivity index (χ4n) is 4.09. The van der Waals surface area contributed by atoms with Crippen LogP contribution in [0, 0.1) is 19.3 Å². The number of carbonyl (C=O) groups is 2. The van der Waals surface area contributed by atoms with E-state index in [1.807, 2.05) is 46.8 Å². The Bertz CT molecular complexity index is 1510. The van der Waals surface area contributed by atoms with Crippen molar-refractivity contribution < 1.29 is 14.7 Å². The summed E-state index contributed by atoms with van der Waals surface area (Å²) >= 11 is 6.25. The Morgan fingerprint density at radius 3 is 2.36 bits per heavy atom. The molecular formula is C29H33Cl2N5O3. The van der Waals surface area contributed by atoms with Crippen LogP contribution in [0.15, 0.2) is 54.6 Å². The smallest absolute Gasteiger partial charge is 0.258 e. The van der Waals surface area contributed by atoms with Crippen LogP contribution in [-0.4, -0.2) is 39.5 Å². The van der Waals surface area contributed by atoms with Gasteiger partial charge in [0.2, 0.25) is 5.95 Å². The van der Waals surface area contributed by atoms with Crippen LogP contribution in [0.4, 0.5) is 17.3 Å². The number of aliphatic hydroxyl groups is 1. The number of carbonyl (C=O) groups excluding carboxylic acids is 2. The molecule has 4 rings (SSSR count). The number of imidazole rings is 1. The van der Waals surface area contributed by atoms with Crippen LogP contribution in [-0.2, 0) is 0 Å². The van der Waals surface area contributed by atoms with Crippen LogP contribution >= 0.6 is 24.0 Å². The van der Waals surface area contributed by atoms with Gasteiger partial charge in [-0.1, -0.05) is 56.6 Å². The number of rotatable bonds is 7. The molecule has 0 radical (unpaired) electrons. The van der Waals surface area contributed by atoms with Gasteiger partial charge in [-0.15, -0.1) is 12.4 Å². The van der Waals surface area contributed by atoms with Crippen LogP contribution in [0.25, 0.3) is 11.0 Å². The van der Waals surface area contributed by atoms with Gasteiger partial charge in [-0.25, -0.2) is 4.98 Å². The number of aliphatic hydroxyl groups excluding tert-OH is 1. The van der Waals surface area contributed by atoms with Gasteiger partial charge in [-0.2, -0.15) is 0 Å². The Labute approximate surface area is 239 Å². The van der Waals surface area contributed by atoms with Crippen molar-refractivity contribution in [2.45, 2.75) is 40.7 Å². The largest absolute Gasteiger partial charge is 0.394 e. The van der Waals surface area contributed by atoms with E-state index in [9.17, 15) is 14.7 Å². The second kappa shape index (κ2) is 12.1. The second-order valence-corrected chi connectivity index (χ2v) is 10.8. The maximum Gasteiger partial charge on any atom is 0.258 e. The summed E-state index contributed by atoms with van der Waals surface area (Å²) in [4.78, 5) is 34.4.